The number of aryl methyl sites for hydroxylation is 1. The normalized spacial score (nSPS) is 30.5. The van der Waals surface area contributed by atoms with E-state index < -0.39 is 5.60 Å². The highest BCUT2D eigenvalue weighted by Crippen LogP contribution is 2.32. The van der Waals surface area contributed by atoms with E-state index >= 15 is 0 Å². The van der Waals surface area contributed by atoms with Crippen molar-refractivity contribution < 1.29 is 9.53 Å². The fourth-order valence-electron chi connectivity index (χ4n) is 2.45. The Hall–Kier alpha value is -1.35. The predicted molar refractivity (Wildman–Crippen MR) is 64.6 cm³/mol. The molecule has 0 radical (unpaired) electrons. The second kappa shape index (κ2) is 3.84. The van der Waals surface area contributed by atoms with Crippen molar-refractivity contribution in [2.24, 2.45) is 0 Å². The van der Waals surface area contributed by atoms with Crippen molar-refractivity contribution in [3.05, 3.63) is 35.4 Å². The highest BCUT2D eigenvalue weighted by molar-refractivity contribution is 5.87. The first-order valence-electron chi connectivity index (χ1n) is 6.22. The maximum absolute atomic E-state index is 12.0. The Morgan fingerprint density at radius 3 is 3.00 bits per heavy atom. The lowest BCUT2D eigenvalue weighted by Crippen LogP contribution is -2.39. The molecule has 1 aromatic carbocycles. The first kappa shape index (κ1) is 10.8. The average molecular weight is 231 g/mol. The molecule has 2 aliphatic rings. The van der Waals surface area contributed by atoms with Gasteiger partial charge in [0, 0.05) is 0 Å². The van der Waals surface area contributed by atoms with E-state index in [1.807, 2.05) is 13.0 Å². The van der Waals surface area contributed by atoms with Gasteiger partial charge in [0.1, 0.15) is 0 Å². The first-order valence-corrected chi connectivity index (χ1v) is 6.22. The largest absolute Gasteiger partial charge is 0.359 e. The van der Waals surface area contributed by atoms with E-state index in [-0.39, 0.29) is 11.9 Å². The van der Waals surface area contributed by atoms with Gasteiger partial charge in [-0.1, -0.05) is 24.3 Å². The zero-order chi connectivity index (χ0) is 11.9. The zero-order valence-corrected chi connectivity index (χ0v) is 10.0. The molecule has 0 aromatic heterocycles. The number of hydrogen-bond acceptors (Lipinski definition) is 2. The van der Waals surface area contributed by atoms with Crippen LogP contribution in [-0.2, 0) is 16.0 Å². The predicted octanol–water partition coefficient (Wildman–Crippen LogP) is 1.97. The van der Waals surface area contributed by atoms with Crippen molar-refractivity contribution in [1.82, 2.24) is 5.32 Å². The molecule has 1 fully saturated rings. The van der Waals surface area contributed by atoms with Crippen molar-refractivity contribution in [1.29, 1.82) is 0 Å². The molecule has 1 aromatic rings. The smallest absolute Gasteiger partial charge is 0.254 e. The highest BCUT2D eigenvalue weighted by Gasteiger charge is 2.47. The van der Waals surface area contributed by atoms with Crippen LogP contribution in [0.3, 0.4) is 0 Å². The third-order valence-corrected chi connectivity index (χ3v) is 3.73. The molecule has 1 heterocycles. The standard InChI is InChI=1S/C14H17NO2/c1-14(9-17-14)13(16)15-12-8-4-6-10-5-2-3-7-11(10)12/h2-3,5,7,12H,4,6,8-9H2,1H3,(H,15,16). The van der Waals surface area contributed by atoms with Gasteiger partial charge in [-0.3, -0.25) is 4.79 Å². The van der Waals surface area contributed by atoms with Gasteiger partial charge in [0.05, 0.1) is 12.6 Å². The number of nitrogens with one attached hydrogen (secondary N) is 1. The summed E-state index contributed by atoms with van der Waals surface area (Å²) >= 11 is 0. The second-order valence-electron chi connectivity index (χ2n) is 5.14. The van der Waals surface area contributed by atoms with Crippen LogP contribution in [0.5, 0.6) is 0 Å². The Kier molecular flexibility index (Phi) is 2.44. The van der Waals surface area contributed by atoms with Crippen LogP contribution < -0.4 is 5.32 Å². The number of carbonyl (C=O) groups excluding carboxylic acids is 1. The molecule has 2 unspecified atom stereocenters. The summed E-state index contributed by atoms with van der Waals surface area (Å²) in [6.07, 6.45) is 3.29. The van der Waals surface area contributed by atoms with Crippen molar-refractivity contribution in [2.45, 2.75) is 37.8 Å². The van der Waals surface area contributed by atoms with Gasteiger partial charge >= 0.3 is 0 Å². The summed E-state index contributed by atoms with van der Waals surface area (Å²) in [6, 6.07) is 8.54. The number of benzene rings is 1. The van der Waals surface area contributed by atoms with Gasteiger partial charge in [0.2, 0.25) is 0 Å². The summed E-state index contributed by atoms with van der Waals surface area (Å²) < 4.78 is 5.18. The van der Waals surface area contributed by atoms with Crippen molar-refractivity contribution in [2.75, 3.05) is 6.61 Å². The van der Waals surface area contributed by atoms with E-state index in [0.29, 0.717) is 6.61 Å². The molecule has 1 amide bonds. The first-order chi connectivity index (χ1) is 8.19. The molecule has 1 saturated heterocycles. The molecule has 0 spiro atoms. The fraction of sp³-hybridized carbons (Fsp3) is 0.500. The summed E-state index contributed by atoms with van der Waals surface area (Å²) in [7, 11) is 0. The Balaban J connectivity index is 1.79. The topological polar surface area (TPSA) is 41.6 Å². The lowest BCUT2D eigenvalue weighted by atomic mass is 9.87. The van der Waals surface area contributed by atoms with Gasteiger partial charge in [-0.05, 0) is 37.3 Å². The Morgan fingerprint density at radius 2 is 2.24 bits per heavy atom. The maximum Gasteiger partial charge on any atom is 0.254 e. The summed E-state index contributed by atoms with van der Waals surface area (Å²) in [6.45, 7) is 2.39. The molecule has 0 saturated carbocycles. The van der Waals surface area contributed by atoms with E-state index in [1.165, 1.54) is 11.1 Å². The summed E-state index contributed by atoms with van der Waals surface area (Å²) in [5.41, 5.74) is 2.08. The maximum atomic E-state index is 12.0. The van der Waals surface area contributed by atoms with E-state index in [0.717, 1.165) is 19.3 Å². The SMILES string of the molecule is CC1(C(=O)NC2CCCc3ccccc32)CO1. The van der Waals surface area contributed by atoms with Crippen molar-refractivity contribution >= 4 is 5.91 Å². The molecule has 90 valence electrons. The number of hydrogen-bond donors (Lipinski definition) is 1. The van der Waals surface area contributed by atoms with Crippen LogP contribution in [0.1, 0.15) is 36.9 Å². The molecule has 0 bridgehead atoms. The molecule has 3 heteroatoms. The molecule has 17 heavy (non-hydrogen) atoms. The fourth-order valence-corrected chi connectivity index (χ4v) is 2.45. The van der Waals surface area contributed by atoms with Gasteiger partial charge in [-0.25, -0.2) is 0 Å². The number of rotatable bonds is 2. The van der Waals surface area contributed by atoms with Gasteiger partial charge in [-0.2, -0.15) is 0 Å². The van der Waals surface area contributed by atoms with E-state index in [2.05, 4.69) is 23.5 Å². The lowest BCUT2D eigenvalue weighted by Gasteiger charge is -2.27. The molecular weight excluding hydrogens is 214 g/mol. The van der Waals surface area contributed by atoms with Crippen LogP contribution in [0.4, 0.5) is 0 Å². The monoisotopic (exact) mass is 231 g/mol. The minimum Gasteiger partial charge on any atom is -0.359 e. The van der Waals surface area contributed by atoms with Crippen molar-refractivity contribution in [3.8, 4) is 0 Å². The van der Waals surface area contributed by atoms with Crippen LogP contribution >= 0.6 is 0 Å². The lowest BCUT2D eigenvalue weighted by molar-refractivity contribution is -0.126. The third-order valence-electron chi connectivity index (χ3n) is 3.73. The van der Waals surface area contributed by atoms with Gasteiger partial charge < -0.3 is 10.1 Å². The van der Waals surface area contributed by atoms with Crippen LogP contribution in [-0.4, -0.2) is 18.1 Å². The Morgan fingerprint density at radius 1 is 1.47 bits per heavy atom. The average Bonchev–Trinajstić information content (AvgIpc) is 3.09. The quantitative estimate of drug-likeness (QED) is 0.791. The summed E-state index contributed by atoms with van der Waals surface area (Å²) in [4.78, 5) is 12.0. The number of epoxide rings is 1. The molecule has 1 aliphatic carbocycles. The van der Waals surface area contributed by atoms with Gasteiger partial charge in [0.25, 0.3) is 5.91 Å². The number of carbonyl (C=O) groups is 1. The number of amides is 1. The van der Waals surface area contributed by atoms with Gasteiger partial charge in [-0.15, -0.1) is 0 Å². The van der Waals surface area contributed by atoms with Crippen LogP contribution in [0, 0.1) is 0 Å². The van der Waals surface area contributed by atoms with Gasteiger partial charge in [0.15, 0.2) is 5.60 Å². The molecular formula is C14H17NO2. The molecule has 1 aliphatic heterocycles. The van der Waals surface area contributed by atoms with E-state index in [1.54, 1.807) is 0 Å². The highest BCUT2D eigenvalue weighted by atomic mass is 16.6. The van der Waals surface area contributed by atoms with Crippen LogP contribution in [0.25, 0.3) is 0 Å². The second-order valence-corrected chi connectivity index (χ2v) is 5.14. The summed E-state index contributed by atoms with van der Waals surface area (Å²) in [5, 5.41) is 3.11. The zero-order valence-electron chi connectivity index (χ0n) is 10.0. The molecule has 2 atom stereocenters. The van der Waals surface area contributed by atoms with Crippen LogP contribution in [0.15, 0.2) is 24.3 Å². The molecule has 3 nitrogen and oxygen atoms in total. The van der Waals surface area contributed by atoms with Crippen molar-refractivity contribution in [3.63, 3.8) is 0 Å². The molecule has 3 rings (SSSR count). The minimum absolute atomic E-state index is 0.0270. The minimum atomic E-state index is -0.563. The summed E-state index contributed by atoms with van der Waals surface area (Å²) in [5.74, 6) is 0.0270. The van der Waals surface area contributed by atoms with E-state index in [4.69, 9.17) is 4.74 Å². The van der Waals surface area contributed by atoms with E-state index in [9.17, 15) is 4.79 Å². The Labute approximate surface area is 101 Å². The Bertz CT molecular complexity index is 451. The number of fused-ring (bicyclic) bond motifs is 1. The molecule has 1 N–H and O–H groups in total. The van der Waals surface area contributed by atoms with Crippen LogP contribution in [0.2, 0.25) is 0 Å². The third kappa shape index (κ3) is 1.95. The number of ether oxygens (including phenoxy) is 1.